The van der Waals surface area contributed by atoms with Crippen LogP contribution >= 0.6 is 34.5 Å². The molecule has 5 heteroatoms. The molecule has 0 fully saturated rings. The number of hydrogen-bond acceptors (Lipinski definition) is 3. The second-order valence-corrected chi connectivity index (χ2v) is 5.29. The Kier molecular flexibility index (Phi) is 3.69. The zero-order chi connectivity index (χ0) is 11.5. The van der Waals surface area contributed by atoms with Gasteiger partial charge in [-0.3, -0.25) is 0 Å². The maximum atomic E-state index is 5.96. The maximum absolute atomic E-state index is 5.96. The largest absolute Gasteiger partial charge is 0.376 e. The van der Waals surface area contributed by atoms with Gasteiger partial charge in [-0.05, 0) is 36.1 Å². The second-order valence-electron chi connectivity index (χ2n) is 3.39. The lowest BCUT2D eigenvalue weighted by Gasteiger charge is -2.14. The number of aromatic nitrogens is 1. The van der Waals surface area contributed by atoms with Crippen molar-refractivity contribution >= 4 is 40.2 Å². The summed E-state index contributed by atoms with van der Waals surface area (Å²) in [6, 6.07) is 5.86. The molecule has 84 valence electrons. The van der Waals surface area contributed by atoms with Gasteiger partial charge in [0, 0.05) is 12.2 Å². The fourth-order valence-electron chi connectivity index (χ4n) is 1.36. The van der Waals surface area contributed by atoms with E-state index in [0.29, 0.717) is 5.15 Å². The third-order valence-corrected chi connectivity index (χ3v) is 3.63. The van der Waals surface area contributed by atoms with Gasteiger partial charge in [-0.2, -0.15) is 0 Å². The highest BCUT2D eigenvalue weighted by Gasteiger charge is 2.09. The summed E-state index contributed by atoms with van der Waals surface area (Å²) in [6.07, 6.45) is 1.67. The van der Waals surface area contributed by atoms with Crippen molar-refractivity contribution < 1.29 is 0 Å². The van der Waals surface area contributed by atoms with Crippen LogP contribution in [0.25, 0.3) is 0 Å². The van der Waals surface area contributed by atoms with Gasteiger partial charge in [0.2, 0.25) is 0 Å². The molecule has 0 radical (unpaired) electrons. The molecule has 1 N–H and O–H groups in total. The monoisotopic (exact) mass is 272 g/mol. The molecule has 0 aromatic carbocycles. The molecule has 2 aromatic rings. The number of nitrogens with one attached hydrogen (secondary N) is 1. The molecule has 1 atom stereocenters. The van der Waals surface area contributed by atoms with Gasteiger partial charge in [0.05, 0.1) is 10.0 Å². The molecule has 2 heterocycles. The molecule has 0 spiro atoms. The maximum Gasteiger partial charge on any atom is 0.152 e. The van der Waals surface area contributed by atoms with Gasteiger partial charge in [0.15, 0.2) is 5.15 Å². The van der Waals surface area contributed by atoms with E-state index in [9.17, 15) is 0 Å². The molecule has 0 amide bonds. The fourth-order valence-corrected chi connectivity index (χ4v) is 2.52. The van der Waals surface area contributed by atoms with E-state index in [0.717, 1.165) is 15.6 Å². The number of thiophene rings is 1. The number of anilines is 1. The molecule has 2 rings (SSSR count). The van der Waals surface area contributed by atoms with Gasteiger partial charge < -0.3 is 5.32 Å². The lowest BCUT2D eigenvalue weighted by atomic mass is 10.2. The minimum Gasteiger partial charge on any atom is -0.376 e. The molecule has 0 bridgehead atoms. The Morgan fingerprint density at radius 2 is 2.25 bits per heavy atom. The van der Waals surface area contributed by atoms with Gasteiger partial charge in [0.1, 0.15) is 0 Å². The standard InChI is InChI=1S/C11H10Cl2N2S/c1-7(8-5-10(12)16-6-8)15-9-3-2-4-14-11(9)13/h2-7,15H,1H3. The highest BCUT2D eigenvalue weighted by atomic mass is 35.5. The van der Waals surface area contributed by atoms with E-state index in [-0.39, 0.29) is 6.04 Å². The van der Waals surface area contributed by atoms with Crippen LogP contribution in [0.2, 0.25) is 9.49 Å². The Morgan fingerprint density at radius 1 is 1.44 bits per heavy atom. The van der Waals surface area contributed by atoms with Crippen LogP contribution in [-0.2, 0) is 0 Å². The predicted octanol–water partition coefficient (Wildman–Crippen LogP) is 4.62. The van der Waals surface area contributed by atoms with E-state index in [1.165, 1.54) is 11.3 Å². The van der Waals surface area contributed by atoms with Crippen molar-refractivity contribution in [2.45, 2.75) is 13.0 Å². The summed E-state index contributed by atoms with van der Waals surface area (Å²) in [6.45, 7) is 2.06. The number of halogens is 2. The van der Waals surface area contributed by atoms with Gasteiger partial charge in [-0.15, -0.1) is 11.3 Å². The molecule has 0 aliphatic heterocycles. The molecule has 16 heavy (non-hydrogen) atoms. The first-order chi connectivity index (χ1) is 7.66. The van der Waals surface area contributed by atoms with Crippen molar-refractivity contribution in [2.24, 2.45) is 0 Å². The third kappa shape index (κ3) is 2.67. The molecule has 0 saturated carbocycles. The zero-order valence-electron chi connectivity index (χ0n) is 8.58. The summed E-state index contributed by atoms with van der Waals surface area (Å²) in [5.41, 5.74) is 1.98. The number of hydrogen-bond donors (Lipinski definition) is 1. The smallest absolute Gasteiger partial charge is 0.152 e. The first kappa shape index (κ1) is 11.7. The molecule has 1 unspecified atom stereocenters. The summed E-state index contributed by atoms with van der Waals surface area (Å²) < 4.78 is 0.793. The van der Waals surface area contributed by atoms with Crippen molar-refractivity contribution in [1.29, 1.82) is 0 Å². The van der Waals surface area contributed by atoms with Crippen LogP contribution in [0.5, 0.6) is 0 Å². The quantitative estimate of drug-likeness (QED) is 0.825. The molecule has 0 aliphatic carbocycles. The molecule has 2 aromatic heterocycles. The highest BCUT2D eigenvalue weighted by Crippen LogP contribution is 2.28. The van der Waals surface area contributed by atoms with Crippen LogP contribution < -0.4 is 5.32 Å². The van der Waals surface area contributed by atoms with Crippen LogP contribution in [-0.4, -0.2) is 4.98 Å². The average Bonchev–Trinajstić information content (AvgIpc) is 2.68. The lowest BCUT2D eigenvalue weighted by molar-refractivity contribution is 0.889. The average molecular weight is 273 g/mol. The van der Waals surface area contributed by atoms with E-state index in [4.69, 9.17) is 23.2 Å². The van der Waals surface area contributed by atoms with E-state index in [2.05, 4.69) is 17.2 Å². The molecule has 2 nitrogen and oxygen atoms in total. The Labute approximate surface area is 108 Å². The molecular formula is C11H10Cl2N2S. The minimum atomic E-state index is 0.158. The third-order valence-electron chi connectivity index (χ3n) is 2.22. The van der Waals surface area contributed by atoms with Gasteiger partial charge >= 0.3 is 0 Å². The molecular weight excluding hydrogens is 263 g/mol. The normalized spacial score (nSPS) is 12.4. The van der Waals surface area contributed by atoms with Gasteiger partial charge in [0.25, 0.3) is 0 Å². The summed E-state index contributed by atoms with van der Waals surface area (Å²) in [4.78, 5) is 4.01. The minimum absolute atomic E-state index is 0.158. The number of nitrogens with zero attached hydrogens (tertiary/aromatic N) is 1. The summed E-state index contributed by atoms with van der Waals surface area (Å²) in [7, 11) is 0. The second kappa shape index (κ2) is 5.04. The number of pyridine rings is 1. The van der Waals surface area contributed by atoms with Crippen molar-refractivity contribution in [3.63, 3.8) is 0 Å². The van der Waals surface area contributed by atoms with Crippen LogP contribution in [0, 0.1) is 0 Å². The zero-order valence-corrected chi connectivity index (χ0v) is 10.9. The van der Waals surface area contributed by atoms with E-state index in [1.807, 2.05) is 23.6 Å². The van der Waals surface area contributed by atoms with Crippen LogP contribution in [0.4, 0.5) is 5.69 Å². The van der Waals surface area contributed by atoms with Crippen LogP contribution in [0.15, 0.2) is 29.8 Å². The van der Waals surface area contributed by atoms with E-state index >= 15 is 0 Å². The predicted molar refractivity (Wildman–Crippen MR) is 70.6 cm³/mol. The summed E-state index contributed by atoms with van der Waals surface area (Å²) >= 11 is 13.4. The molecule has 0 aliphatic rings. The van der Waals surface area contributed by atoms with E-state index in [1.54, 1.807) is 6.20 Å². The van der Waals surface area contributed by atoms with Crippen molar-refractivity contribution in [2.75, 3.05) is 5.32 Å². The van der Waals surface area contributed by atoms with Gasteiger partial charge in [-0.25, -0.2) is 4.98 Å². The van der Waals surface area contributed by atoms with Crippen molar-refractivity contribution in [1.82, 2.24) is 4.98 Å². The Bertz CT molecular complexity index is 484. The van der Waals surface area contributed by atoms with Crippen LogP contribution in [0.3, 0.4) is 0 Å². The Hall–Kier alpha value is -0.770. The molecule has 0 saturated heterocycles. The highest BCUT2D eigenvalue weighted by molar-refractivity contribution is 7.14. The SMILES string of the molecule is CC(Nc1cccnc1Cl)c1csc(Cl)c1. The Morgan fingerprint density at radius 3 is 2.88 bits per heavy atom. The summed E-state index contributed by atoms with van der Waals surface area (Å²) in [5, 5.41) is 5.81. The summed E-state index contributed by atoms with van der Waals surface area (Å²) in [5.74, 6) is 0. The van der Waals surface area contributed by atoms with Crippen molar-refractivity contribution in [3.05, 3.63) is 44.8 Å². The first-order valence-electron chi connectivity index (χ1n) is 4.78. The Balaban J connectivity index is 2.13. The lowest BCUT2D eigenvalue weighted by Crippen LogP contribution is -2.06. The first-order valence-corrected chi connectivity index (χ1v) is 6.41. The number of rotatable bonds is 3. The van der Waals surface area contributed by atoms with E-state index < -0.39 is 0 Å². The van der Waals surface area contributed by atoms with Crippen LogP contribution in [0.1, 0.15) is 18.5 Å². The van der Waals surface area contributed by atoms with Gasteiger partial charge in [-0.1, -0.05) is 23.2 Å². The van der Waals surface area contributed by atoms with Crippen molar-refractivity contribution in [3.8, 4) is 0 Å². The fraction of sp³-hybridized carbons (Fsp3) is 0.182. The topological polar surface area (TPSA) is 24.9 Å².